The van der Waals surface area contributed by atoms with Crippen molar-refractivity contribution in [2.75, 3.05) is 0 Å². The van der Waals surface area contributed by atoms with Crippen LogP contribution in [0.25, 0.3) is 0 Å². The maximum absolute atomic E-state index is 18.0. The average Bonchev–Trinajstić information content (AvgIpc) is 2.98. The lowest BCUT2D eigenvalue weighted by molar-refractivity contribution is -0.303. The smallest absolute Gasteiger partial charge is 0.238 e. The molecule has 4 aromatic carbocycles. The predicted molar refractivity (Wildman–Crippen MR) is 162 cm³/mol. The molecule has 0 amide bonds. The number of hydrogen-bond donors (Lipinski definition) is 0. The van der Waals surface area contributed by atoms with E-state index in [4.69, 9.17) is 23.2 Å². The second-order valence-corrected chi connectivity index (χ2v) is 13.3. The molecule has 0 radical (unpaired) electrons. The lowest BCUT2D eigenvalue weighted by atomic mass is 9.50. The molecule has 0 aliphatic heterocycles. The van der Waals surface area contributed by atoms with Crippen molar-refractivity contribution in [3.05, 3.63) is 141 Å². The van der Waals surface area contributed by atoms with Gasteiger partial charge in [-0.1, -0.05) is 118 Å². The van der Waals surface area contributed by atoms with Gasteiger partial charge in [-0.25, -0.2) is 22.0 Å². The fourth-order valence-corrected chi connectivity index (χ4v) is 7.52. The Morgan fingerprint density at radius 2 is 1.16 bits per heavy atom. The Bertz CT molecular complexity index is 1600. The van der Waals surface area contributed by atoms with Crippen LogP contribution >= 0.6 is 39.1 Å². The summed E-state index contributed by atoms with van der Waals surface area (Å²) in [5, 5.41) is -9.01. The van der Waals surface area contributed by atoms with E-state index in [9.17, 15) is 4.39 Å². The van der Waals surface area contributed by atoms with E-state index in [2.05, 4.69) is 15.9 Å². The second-order valence-electron chi connectivity index (χ2n) is 11.4. The highest BCUT2D eigenvalue weighted by atomic mass is 79.9. The monoisotopic (exact) mass is 716 g/mol. The molecule has 0 N–H and O–H groups in total. The molecule has 5 rings (SSSR count). The quantitative estimate of drug-likeness (QED) is 0.126. The van der Waals surface area contributed by atoms with E-state index in [1.54, 1.807) is 48.5 Å². The number of hydrogen-bond acceptors (Lipinski definition) is 0. The van der Waals surface area contributed by atoms with Crippen molar-refractivity contribution < 1.29 is 30.7 Å². The molecule has 1 aliphatic carbocycles. The van der Waals surface area contributed by atoms with Gasteiger partial charge in [-0.2, -0.15) is 8.78 Å². The van der Waals surface area contributed by atoms with Crippen molar-refractivity contribution in [1.29, 1.82) is 0 Å². The van der Waals surface area contributed by atoms with Gasteiger partial charge in [-0.3, -0.25) is 0 Å². The molecule has 0 bridgehead atoms. The van der Waals surface area contributed by atoms with Crippen LogP contribution < -0.4 is 0 Å². The summed E-state index contributed by atoms with van der Waals surface area (Å²) in [5.41, 5.74) is -6.07. The highest BCUT2D eigenvalue weighted by Gasteiger charge is 2.88. The van der Waals surface area contributed by atoms with Gasteiger partial charge in [0.15, 0.2) is 5.67 Å². The third kappa shape index (κ3) is 5.45. The number of rotatable bonds is 8. The van der Waals surface area contributed by atoms with E-state index in [1.165, 1.54) is 36.4 Å². The number of halogens is 10. The molecule has 232 valence electrons. The molecule has 0 aromatic heterocycles. The zero-order valence-electron chi connectivity index (χ0n) is 23.0. The van der Waals surface area contributed by atoms with Crippen molar-refractivity contribution in [2.45, 2.75) is 47.5 Å². The minimum Gasteiger partial charge on any atom is -0.238 e. The Morgan fingerprint density at radius 3 is 1.70 bits per heavy atom. The van der Waals surface area contributed by atoms with Crippen LogP contribution in [0.4, 0.5) is 30.7 Å². The van der Waals surface area contributed by atoms with Gasteiger partial charge in [0.05, 0.1) is 0 Å². The highest BCUT2D eigenvalue weighted by Crippen LogP contribution is 2.72. The molecular weight excluding hydrogens is 692 g/mol. The Balaban J connectivity index is 1.85. The standard InChI is InChI=1S/C34H26BrCl2F7/c35-26-14-11-22(12-15-26)17-29-30(19-23-7-3-1-4-8-23,21-25-13-16-27(38)18-28(25)39)32(36,41)34(43,44)33(37,42)31(29,40)20-24-9-5-2-6-10-24/h1-16,18,29H,17,19-21H2. The summed E-state index contributed by atoms with van der Waals surface area (Å²) in [7, 11) is 0. The van der Waals surface area contributed by atoms with Crippen LogP contribution in [0.1, 0.15) is 22.3 Å². The van der Waals surface area contributed by atoms with Crippen LogP contribution in [0.15, 0.2) is 108 Å². The van der Waals surface area contributed by atoms with Crippen molar-refractivity contribution in [3.8, 4) is 0 Å². The van der Waals surface area contributed by atoms with Gasteiger partial charge in [0.1, 0.15) is 11.6 Å². The van der Waals surface area contributed by atoms with E-state index in [1.807, 2.05) is 0 Å². The number of alkyl halides is 7. The molecule has 1 saturated carbocycles. The summed E-state index contributed by atoms with van der Waals surface area (Å²) in [6.07, 6.45) is -3.06. The molecule has 10 heteroatoms. The number of benzene rings is 4. The molecule has 4 aromatic rings. The summed E-state index contributed by atoms with van der Waals surface area (Å²) in [5.74, 6) is -9.49. The Hall–Kier alpha value is -2.55. The first-order valence-electron chi connectivity index (χ1n) is 13.7. The topological polar surface area (TPSA) is 0 Å². The van der Waals surface area contributed by atoms with E-state index < -0.39 is 76.1 Å². The van der Waals surface area contributed by atoms with Gasteiger partial charge in [0, 0.05) is 28.3 Å². The van der Waals surface area contributed by atoms with E-state index in [-0.39, 0.29) is 11.1 Å². The second kappa shape index (κ2) is 12.0. The van der Waals surface area contributed by atoms with Gasteiger partial charge in [-0.15, -0.1) is 0 Å². The van der Waals surface area contributed by atoms with Crippen LogP contribution in [0.3, 0.4) is 0 Å². The van der Waals surface area contributed by atoms with Crippen LogP contribution in [0.2, 0.25) is 0 Å². The van der Waals surface area contributed by atoms with E-state index >= 15 is 26.3 Å². The predicted octanol–water partition coefficient (Wildman–Crippen LogP) is 10.8. The first-order chi connectivity index (χ1) is 20.6. The molecule has 5 unspecified atom stereocenters. The Morgan fingerprint density at radius 1 is 0.614 bits per heavy atom. The molecular formula is C34H26BrCl2F7. The maximum atomic E-state index is 18.0. The van der Waals surface area contributed by atoms with E-state index in [0.29, 0.717) is 16.1 Å². The Kier molecular flexibility index (Phi) is 8.95. The lowest BCUT2D eigenvalue weighted by Gasteiger charge is -2.62. The molecule has 1 aliphatic rings. The highest BCUT2D eigenvalue weighted by molar-refractivity contribution is 9.10. The first-order valence-corrected chi connectivity index (χ1v) is 15.3. The van der Waals surface area contributed by atoms with Crippen molar-refractivity contribution >= 4 is 39.1 Å². The van der Waals surface area contributed by atoms with Crippen LogP contribution in [0.5, 0.6) is 0 Å². The zero-order valence-corrected chi connectivity index (χ0v) is 26.1. The van der Waals surface area contributed by atoms with Crippen LogP contribution in [-0.2, 0) is 25.7 Å². The molecule has 0 saturated heterocycles. The van der Waals surface area contributed by atoms with Gasteiger partial charge in [0.25, 0.3) is 10.3 Å². The van der Waals surface area contributed by atoms with E-state index in [0.717, 1.165) is 12.1 Å². The summed E-state index contributed by atoms with van der Waals surface area (Å²) in [6.45, 7) is 0. The van der Waals surface area contributed by atoms with Gasteiger partial charge < -0.3 is 0 Å². The molecule has 1 fully saturated rings. The summed E-state index contributed by atoms with van der Waals surface area (Å²) >= 11 is 15.5. The third-order valence-corrected chi connectivity index (χ3v) is 10.4. The van der Waals surface area contributed by atoms with Gasteiger partial charge in [0.2, 0.25) is 0 Å². The molecule has 44 heavy (non-hydrogen) atoms. The van der Waals surface area contributed by atoms with Gasteiger partial charge >= 0.3 is 5.92 Å². The fraction of sp³-hybridized carbons (Fsp3) is 0.294. The molecule has 5 atom stereocenters. The summed E-state index contributed by atoms with van der Waals surface area (Å²) in [6, 6.07) is 23.9. The normalized spacial score (nSPS) is 29.8. The lowest BCUT2D eigenvalue weighted by Crippen LogP contribution is -2.79. The summed E-state index contributed by atoms with van der Waals surface area (Å²) in [4.78, 5) is 0. The summed E-state index contributed by atoms with van der Waals surface area (Å²) < 4.78 is 114. The Labute approximate surface area is 269 Å². The van der Waals surface area contributed by atoms with Gasteiger partial charge in [-0.05, 0) is 59.7 Å². The molecule has 0 heterocycles. The minimum atomic E-state index is -5.34. The maximum Gasteiger partial charge on any atom is 0.346 e. The largest absolute Gasteiger partial charge is 0.346 e. The average molecular weight is 718 g/mol. The van der Waals surface area contributed by atoms with Crippen molar-refractivity contribution in [3.63, 3.8) is 0 Å². The minimum absolute atomic E-state index is 0.122. The molecule has 0 spiro atoms. The SMILES string of the molecule is Fc1ccc(CC2(Cc3ccccc3)C(Cc3ccc(Br)cc3)C(F)(Cc3ccccc3)C(F)(Cl)C(F)(F)C2(F)Cl)c(F)c1. The zero-order chi connectivity index (χ0) is 32.0. The first kappa shape index (κ1) is 32.8. The fourth-order valence-electron chi connectivity index (χ4n) is 6.48. The van der Waals surface area contributed by atoms with Crippen molar-refractivity contribution in [2.24, 2.45) is 11.3 Å². The van der Waals surface area contributed by atoms with Crippen LogP contribution in [-0.4, -0.2) is 21.8 Å². The van der Waals surface area contributed by atoms with Crippen molar-refractivity contribution in [1.82, 2.24) is 0 Å². The van der Waals surface area contributed by atoms with Crippen LogP contribution in [0, 0.1) is 23.0 Å². The third-order valence-electron chi connectivity index (χ3n) is 8.70. The molecule has 0 nitrogen and oxygen atoms in total.